The maximum atomic E-state index is 13.8. The molecule has 0 unspecified atom stereocenters. The van der Waals surface area contributed by atoms with E-state index in [4.69, 9.17) is 0 Å². The molecule has 0 radical (unpaired) electrons. The van der Waals surface area contributed by atoms with Gasteiger partial charge in [-0.1, -0.05) is 24.0 Å². The molecule has 2 atom stereocenters. The van der Waals surface area contributed by atoms with E-state index in [1.807, 2.05) is 24.0 Å². The van der Waals surface area contributed by atoms with E-state index >= 15 is 0 Å². The SMILES string of the molecule is CCN1C(=O)N(C2=N/C=C(C#Cc3cc(F)ccc3F)\C=C\C=C\2)[C@@H]2CCC[C@@H]21. The van der Waals surface area contributed by atoms with Gasteiger partial charge in [0.2, 0.25) is 0 Å². The number of fused-ring (bicyclic) bond motifs is 1. The van der Waals surface area contributed by atoms with E-state index in [0.717, 1.165) is 37.5 Å². The molecule has 1 aromatic rings. The molecule has 0 bridgehead atoms. The summed E-state index contributed by atoms with van der Waals surface area (Å²) in [4.78, 5) is 21.1. The van der Waals surface area contributed by atoms with Gasteiger partial charge in [-0.25, -0.2) is 18.6 Å². The number of aliphatic imine (C=N–C) groups is 1. The number of likely N-dealkylation sites (N-methyl/N-ethyl adjacent to an activating group) is 1. The second-order valence-corrected chi connectivity index (χ2v) is 7.17. The van der Waals surface area contributed by atoms with Gasteiger partial charge in [0.05, 0.1) is 17.6 Å². The number of allylic oxidation sites excluding steroid dienone is 4. The van der Waals surface area contributed by atoms with Crippen molar-refractivity contribution in [1.82, 2.24) is 9.80 Å². The summed E-state index contributed by atoms with van der Waals surface area (Å²) in [5.74, 6) is 4.93. The summed E-state index contributed by atoms with van der Waals surface area (Å²) in [6.07, 6.45) is 11.8. The van der Waals surface area contributed by atoms with Crippen LogP contribution in [0, 0.1) is 23.5 Å². The summed E-state index contributed by atoms with van der Waals surface area (Å²) in [5, 5.41) is 0. The van der Waals surface area contributed by atoms with E-state index in [9.17, 15) is 13.6 Å². The second-order valence-electron chi connectivity index (χ2n) is 7.17. The fourth-order valence-corrected chi connectivity index (χ4v) is 4.12. The number of amidine groups is 1. The zero-order valence-corrected chi connectivity index (χ0v) is 16.1. The molecule has 1 aromatic carbocycles. The number of hydrogen-bond donors (Lipinski definition) is 0. The van der Waals surface area contributed by atoms with Gasteiger partial charge in [-0.15, -0.1) is 0 Å². The topological polar surface area (TPSA) is 35.9 Å². The Morgan fingerprint density at radius 3 is 2.76 bits per heavy atom. The third-order valence-electron chi connectivity index (χ3n) is 5.45. The second kappa shape index (κ2) is 8.04. The van der Waals surface area contributed by atoms with Crippen molar-refractivity contribution in [2.75, 3.05) is 6.54 Å². The Hall–Kier alpha value is -3.20. The van der Waals surface area contributed by atoms with Gasteiger partial charge in [0.25, 0.3) is 0 Å². The van der Waals surface area contributed by atoms with Gasteiger partial charge in [0.15, 0.2) is 0 Å². The fraction of sp³-hybridized carbons (Fsp3) is 0.304. The number of urea groups is 1. The predicted molar refractivity (Wildman–Crippen MR) is 108 cm³/mol. The molecule has 0 aromatic heterocycles. The molecule has 4 rings (SSSR count). The minimum atomic E-state index is -0.576. The highest BCUT2D eigenvalue weighted by atomic mass is 19.1. The lowest BCUT2D eigenvalue weighted by Gasteiger charge is -2.21. The summed E-state index contributed by atoms with van der Waals surface area (Å²) < 4.78 is 27.1. The average Bonchev–Trinajstić information content (AvgIpc) is 3.24. The number of benzene rings is 1. The Morgan fingerprint density at radius 1 is 1.14 bits per heavy atom. The first-order chi connectivity index (χ1) is 14.1. The molecular weight excluding hydrogens is 372 g/mol. The first-order valence-corrected chi connectivity index (χ1v) is 9.78. The Balaban J connectivity index is 1.63. The third kappa shape index (κ3) is 3.73. The molecule has 29 heavy (non-hydrogen) atoms. The van der Waals surface area contributed by atoms with Crippen LogP contribution >= 0.6 is 0 Å². The summed E-state index contributed by atoms with van der Waals surface area (Å²) in [5.41, 5.74) is 0.528. The van der Waals surface area contributed by atoms with Crippen LogP contribution in [0.4, 0.5) is 13.6 Å². The number of halogens is 2. The summed E-state index contributed by atoms with van der Waals surface area (Å²) in [7, 11) is 0. The van der Waals surface area contributed by atoms with E-state index in [1.54, 1.807) is 23.3 Å². The predicted octanol–water partition coefficient (Wildman–Crippen LogP) is 4.40. The minimum absolute atomic E-state index is 0.0109. The van der Waals surface area contributed by atoms with Gasteiger partial charge >= 0.3 is 6.03 Å². The lowest BCUT2D eigenvalue weighted by Crippen LogP contribution is -2.39. The number of carbonyl (C=O) groups excluding carboxylic acids is 1. The summed E-state index contributed by atoms with van der Waals surface area (Å²) >= 11 is 0. The number of nitrogens with zero attached hydrogens (tertiary/aromatic N) is 3. The Bertz CT molecular complexity index is 1010. The lowest BCUT2D eigenvalue weighted by molar-refractivity contribution is 0.197. The standard InChI is InChI=1S/C23H21F2N3O/c1-2-27-20-7-5-8-21(20)28(23(27)29)22-9-4-3-6-16(15-26-22)10-11-17-14-18(24)12-13-19(17)25/h3-4,6,9,12-15,20-21H,2,5,7-8H2,1H3/b4-3?,6-3+,9-4+,16-6?,16-15+,22-9?,26-15?,26-22+/t20-,21+/m0/s1. The minimum Gasteiger partial charge on any atom is -0.320 e. The molecule has 2 heterocycles. The van der Waals surface area contributed by atoms with Crippen LogP contribution in [0.15, 0.2) is 59.3 Å². The fourth-order valence-electron chi connectivity index (χ4n) is 4.12. The van der Waals surface area contributed by atoms with Crippen LogP contribution in [0.2, 0.25) is 0 Å². The third-order valence-corrected chi connectivity index (χ3v) is 5.45. The molecule has 6 heteroatoms. The highest BCUT2D eigenvalue weighted by Crippen LogP contribution is 2.35. The van der Waals surface area contributed by atoms with Crippen LogP contribution in [0.1, 0.15) is 31.7 Å². The number of hydrogen-bond acceptors (Lipinski definition) is 2. The molecule has 2 amide bonds. The maximum absolute atomic E-state index is 13.8. The lowest BCUT2D eigenvalue weighted by atomic mass is 10.1. The van der Waals surface area contributed by atoms with Crippen LogP contribution in [-0.4, -0.2) is 40.3 Å². The van der Waals surface area contributed by atoms with E-state index in [0.29, 0.717) is 18.0 Å². The maximum Gasteiger partial charge on any atom is 0.326 e. The summed E-state index contributed by atoms with van der Waals surface area (Å²) in [6, 6.07) is 3.53. The largest absolute Gasteiger partial charge is 0.326 e. The molecular formula is C23H21F2N3O. The van der Waals surface area contributed by atoms with Crippen LogP contribution in [0.25, 0.3) is 0 Å². The van der Waals surface area contributed by atoms with Crippen LogP contribution in [-0.2, 0) is 0 Å². The molecule has 2 aliphatic heterocycles. The normalized spacial score (nSPS) is 29.0. The Kier molecular flexibility index (Phi) is 5.30. The molecule has 1 aliphatic carbocycles. The van der Waals surface area contributed by atoms with Crippen molar-refractivity contribution >= 4 is 11.9 Å². The van der Waals surface area contributed by atoms with Crippen molar-refractivity contribution in [3.05, 3.63) is 71.5 Å². The van der Waals surface area contributed by atoms with Gasteiger partial charge in [-0.05, 0) is 56.5 Å². The zero-order chi connectivity index (χ0) is 20.4. The van der Waals surface area contributed by atoms with Crippen molar-refractivity contribution in [2.24, 2.45) is 4.99 Å². The van der Waals surface area contributed by atoms with Crippen LogP contribution in [0.5, 0.6) is 0 Å². The van der Waals surface area contributed by atoms with Crippen molar-refractivity contribution in [1.29, 1.82) is 0 Å². The van der Waals surface area contributed by atoms with Gasteiger partial charge in [-0.3, -0.25) is 4.90 Å². The zero-order valence-electron chi connectivity index (χ0n) is 16.1. The van der Waals surface area contributed by atoms with Gasteiger partial charge in [0.1, 0.15) is 17.5 Å². The number of amides is 2. The first kappa shape index (κ1) is 19.1. The van der Waals surface area contributed by atoms with E-state index in [1.165, 1.54) is 0 Å². The number of rotatable bonds is 1. The number of carbonyl (C=O) groups is 1. The molecule has 3 aliphatic rings. The Labute approximate surface area is 168 Å². The molecule has 0 spiro atoms. The molecule has 2 fully saturated rings. The van der Waals surface area contributed by atoms with Crippen molar-refractivity contribution in [3.8, 4) is 11.8 Å². The van der Waals surface area contributed by atoms with Gasteiger partial charge < -0.3 is 4.90 Å². The molecule has 4 nitrogen and oxygen atoms in total. The quantitative estimate of drug-likeness (QED) is 0.652. The van der Waals surface area contributed by atoms with Gasteiger partial charge in [0, 0.05) is 18.3 Å². The van der Waals surface area contributed by atoms with Crippen molar-refractivity contribution in [3.63, 3.8) is 0 Å². The van der Waals surface area contributed by atoms with Gasteiger partial charge in [-0.2, -0.15) is 0 Å². The molecule has 1 saturated heterocycles. The van der Waals surface area contributed by atoms with E-state index in [2.05, 4.69) is 16.8 Å². The first-order valence-electron chi connectivity index (χ1n) is 9.78. The Morgan fingerprint density at radius 2 is 1.93 bits per heavy atom. The molecule has 0 N–H and O–H groups in total. The molecule has 1 saturated carbocycles. The van der Waals surface area contributed by atoms with Crippen molar-refractivity contribution in [2.45, 2.75) is 38.3 Å². The smallest absolute Gasteiger partial charge is 0.320 e. The van der Waals surface area contributed by atoms with E-state index in [-0.39, 0.29) is 23.7 Å². The highest BCUT2D eigenvalue weighted by Gasteiger charge is 2.48. The monoisotopic (exact) mass is 393 g/mol. The van der Waals surface area contributed by atoms with E-state index < -0.39 is 11.6 Å². The van der Waals surface area contributed by atoms with Crippen LogP contribution < -0.4 is 0 Å². The average molecular weight is 393 g/mol. The summed E-state index contributed by atoms with van der Waals surface area (Å²) in [6.45, 7) is 2.67. The van der Waals surface area contributed by atoms with Crippen molar-refractivity contribution < 1.29 is 13.6 Å². The van der Waals surface area contributed by atoms with Crippen LogP contribution in [0.3, 0.4) is 0 Å². The highest BCUT2D eigenvalue weighted by molar-refractivity contribution is 6.06. The molecule has 148 valence electrons.